The Hall–Kier alpha value is -1.89. The Morgan fingerprint density at radius 1 is 1.39 bits per heavy atom. The highest BCUT2D eigenvalue weighted by molar-refractivity contribution is 5.86. The van der Waals surface area contributed by atoms with Crippen molar-refractivity contribution < 1.29 is 4.74 Å². The summed E-state index contributed by atoms with van der Waals surface area (Å²) in [6, 6.07) is 0. The van der Waals surface area contributed by atoms with E-state index in [1.165, 1.54) is 0 Å². The van der Waals surface area contributed by atoms with Gasteiger partial charge in [-0.3, -0.25) is 5.10 Å². The Kier molecular flexibility index (Phi) is 4.30. The lowest BCUT2D eigenvalue weighted by atomic mass is 10.3. The molecule has 0 aromatic carbocycles. The molecular weight excluding hydrogens is 232 g/mol. The van der Waals surface area contributed by atoms with E-state index >= 15 is 0 Å². The molecule has 4 N–H and O–H groups in total. The SMILES string of the molecule is CCCOCCCNc1nc(N)nc2[nH]ncc12. The predicted molar refractivity (Wildman–Crippen MR) is 70.3 cm³/mol. The first-order valence-electron chi connectivity index (χ1n) is 6.09. The number of hydrogen-bond donors (Lipinski definition) is 3. The number of nitrogen functional groups attached to an aromatic ring is 1. The van der Waals surface area contributed by atoms with Gasteiger partial charge < -0.3 is 15.8 Å². The van der Waals surface area contributed by atoms with Gasteiger partial charge >= 0.3 is 0 Å². The van der Waals surface area contributed by atoms with Crippen molar-refractivity contribution in [3.8, 4) is 0 Å². The Balaban J connectivity index is 1.89. The van der Waals surface area contributed by atoms with Crippen molar-refractivity contribution in [1.29, 1.82) is 0 Å². The van der Waals surface area contributed by atoms with Crippen LogP contribution in [-0.2, 0) is 4.74 Å². The molecular formula is C11H18N6O. The number of H-pyrrole nitrogens is 1. The summed E-state index contributed by atoms with van der Waals surface area (Å²) in [5.41, 5.74) is 6.26. The van der Waals surface area contributed by atoms with Crippen molar-refractivity contribution in [1.82, 2.24) is 20.2 Å². The summed E-state index contributed by atoms with van der Waals surface area (Å²) in [6.45, 7) is 4.43. The van der Waals surface area contributed by atoms with Gasteiger partial charge in [-0.1, -0.05) is 6.92 Å². The molecule has 0 unspecified atom stereocenters. The molecule has 0 spiro atoms. The number of nitrogens with zero attached hydrogens (tertiary/aromatic N) is 3. The predicted octanol–water partition coefficient (Wildman–Crippen LogP) is 1.16. The van der Waals surface area contributed by atoms with Gasteiger partial charge in [0.05, 0.1) is 11.6 Å². The lowest BCUT2D eigenvalue weighted by molar-refractivity contribution is 0.134. The molecule has 0 aliphatic carbocycles. The molecule has 2 heterocycles. The second-order valence-corrected chi connectivity index (χ2v) is 3.96. The molecule has 0 radical (unpaired) electrons. The Bertz CT molecular complexity index is 497. The van der Waals surface area contributed by atoms with E-state index in [2.05, 4.69) is 32.4 Å². The molecule has 7 heteroatoms. The van der Waals surface area contributed by atoms with Gasteiger partial charge in [0.15, 0.2) is 5.65 Å². The van der Waals surface area contributed by atoms with Gasteiger partial charge in [0.25, 0.3) is 0 Å². The Morgan fingerprint density at radius 2 is 2.28 bits per heavy atom. The summed E-state index contributed by atoms with van der Waals surface area (Å²) in [4.78, 5) is 8.21. The number of aromatic amines is 1. The summed E-state index contributed by atoms with van der Waals surface area (Å²) in [5.74, 6) is 0.943. The molecule has 0 saturated carbocycles. The van der Waals surface area contributed by atoms with E-state index in [1.807, 2.05) is 0 Å². The van der Waals surface area contributed by atoms with Crippen LogP contribution < -0.4 is 11.1 Å². The lowest BCUT2D eigenvalue weighted by Crippen LogP contribution is -2.09. The van der Waals surface area contributed by atoms with E-state index in [4.69, 9.17) is 10.5 Å². The van der Waals surface area contributed by atoms with E-state index in [0.29, 0.717) is 11.5 Å². The van der Waals surface area contributed by atoms with Crippen molar-refractivity contribution in [3.63, 3.8) is 0 Å². The minimum absolute atomic E-state index is 0.233. The average molecular weight is 250 g/mol. The number of hydrogen-bond acceptors (Lipinski definition) is 6. The normalized spacial score (nSPS) is 10.9. The minimum Gasteiger partial charge on any atom is -0.381 e. The van der Waals surface area contributed by atoms with Gasteiger partial charge in [-0.25, -0.2) is 0 Å². The number of ether oxygens (including phenoxy) is 1. The molecule has 2 aromatic heterocycles. The maximum Gasteiger partial charge on any atom is 0.224 e. The number of anilines is 2. The van der Waals surface area contributed by atoms with Crippen molar-refractivity contribution in [2.45, 2.75) is 19.8 Å². The molecule has 0 amide bonds. The third kappa shape index (κ3) is 3.07. The van der Waals surface area contributed by atoms with Gasteiger partial charge in [-0.05, 0) is 12.8 Å². The van der Waals surface area contributed by atoms with Crippen LogP contribution in [0.1, 0.15) is 19.8 Å². The van der Waals surface area contributed by atoms with Crippen LogP contribution >= 0.6 is 0 Å². The zero-order valence-electron chi connectivity index (χ0n) is 10.4. The average Bonchev–Trinajstić information content (AvgIpc) is 2.81. The highest BCUT2D eigenvalue weighted by atomic mass is 16.5. The van der Waals surface area contributed by atoms with Crippen LogP contribution in [0.2, 0.25) is 0 Å². The summed E-state index contributed by atoms with van der Waals surface area (Å²) >= 11 is 0. The number of nitrogens with two attached hydrogens (primary N) is 1. The molecule has 18 heavy (non-hydrogen) atoms. The summed E-state index contributed by atoms with van der Waals surface area (Å²) in [5, 5.41) is 10.8. The van der Waals surface area contributed by atoms with Crippen molar-refractivity contribution in [2.75, 3.05) is 30.8 Å². The molecule has 0 atom stereocenters. The summed E-state index contributed by atoms with van der Waals surface area (Å²) in [6.07, 6.45) is 3.65. The van der Waals surface area contributed by atoms with Crippen LogP contribution in [0.3, 0.4) is 0 Å². The highest BCUT2D eigenvalue weighted by Gasteiger charge is 2.06. The zero-order chi connectivity index (χ0) is 12.8. The molecule has 0 saturated heterocycles. The van der Waals surface area contributed by atoms with Gasteiger partial charge in [-0.15, -0.1) is 0 Å². The second-order valence-electron chi connectivity index (χ2n) is 3.96. The summed E-state index contributed by atoms with van der Waals surface area (Å²) < 4.78 is 5.40. The van der Waals surface area contributed by atoms with Crippen molar-refractivity contribution in [2.24, 2.45) is 0 Å². The Labute approximate surface area is 105 Å². The monoisotopic (exact) mass is 250 g/mol. The van der Waals surface area contributed by atoms with E-state index < -0.39 is 0 Å². The lowest BCUT2D eigenvalue weighted by Gasteiger charge is -2.07. The molecule has 0 aliphatic rings. The first kappa shape index (κ1) is 12.6. The van der Waals surface area contributed by atoms with Crippen molar-refractivity contribution in [3.05, 3.63) is 6.20 Å². The van der Waals surface area contributed by atoms with E-state index in [-0.39, 0.29) is 5.95 Å². The van der Waals surface area contributed by atoms with Crippen molar-refractivity contribution >= 4 is 22.8 Å². The smallest absolute Gasteiger partial charge is 0.224 e. The first-order chi connectivity index (χ1) is 8.81. The van der Waals surface area contributed by atoms with Gasteiger partial charge in [0, 0.05) is 19.8 Å². The quantitative estimate of drug-likeness (QED) is 0.637. The number of rotatable bonds is 7. The number of fused-ring (bicyclic) bond motifs is 1. The zero-order valence-corrected chi connectivity index (χ0v) is 10.4. The van der Waals surface area contributed by atoms with Crippen LogP contribution in [0.25, 0.3) is 11.0 Å². The van der Waals surface area contributed by atoms with E-state index in [0.717, 1.165) is 38.0 Å². The molecule has 2 rings (SSSR count). The Morgan fingerprint density at radius 3 is 3.11 bits per heavy atom. The minimum atomic E-state index is 0.233. The van der Waals surface area contributed by atoms with E-state index in [1.54, 1.807) is 6.20 Å². The first-order valence-corrected chi connectivity index (χ1v) is 6.09. The largest absolute Gasteiger partial charge is 0.381 e. The molecule has 98 valence electrons. The van der Waals surface area contributed by atoms with Crippen LogP contribution in [0.4, 0.5) is 11.8 Å². The number of nitrogens with one attached hydrogen (secondary N) is 2. The second kappa shape index (κ2) is 6.15. The standard InChI is InChI=1S/C11H18N6O/c1-2-5-18-6-3-4-13-9-8-7-14-17-10(8)16-11(12)15-9/h7H,2-6H2,1H3,(H4,12,13,14,15,16,17). The fraction of sp³-hybridized carbons (Fsp3) is 0.545. The maximum absolute atomic E-state index is 5.62. The molecule has 0 fully saturated rings. The molecule has 7 nitrogen and oxygen atoms in total. The van der Waals surface area contributed by atoms with Crippen LogP contribution in [-0.4, -0.2) is 39.9 Å². The number of aromatic nitrogens is 4. The highest BCUT2D eigenvalue weighted by Crippen LogP contribution is 2.18. The molecule has 2 aromatic rings. The summed E-state index contributed by atoms with van der Waals surface area (Å²) in [7, 11) is 0. The third-order valence-corrected chi connectivity index (χ3v) is 2.43. The van der Waals surface area contributed by atoms with Gasteiger partial charge in [0.2, 0.25) is 5.95 Å². The van der Waals surface area contributed by atoms with Gasteiger partial charge in [0.1, 0.15) is 5.82 Å². The topological polar surface area (TPSA) is 102 Å². The van der Waals surface area contributed by atoms with Gasteiger partial charge in [-0.2, -0.15) is 15.1 Å². The van der Waals surface area contributed by atoms with Crippen LogP contribution in [0.15, 0.2) is 6.20 Å². The molecule has 0 bridgehead atoms. The fourth-order valence-corrected chi connectivity index (χ4v) is 1.61. The van der Waals surface area contributed by atoms with E-state index in [9.17, 15) is 0 Å². The third-order valence-electron chi connectivity index (χ3n) is 2.43. The maximum atomic E-state index is 5.62. The van der Waals surface area contributed by atoms with Crippen LogP contribution in [0, 0.1) is 0 Å². The fourth-order valence-electron chi connectivity index (χ4n) is 1.61. The van der Waals surface area contributed by atoms with Crippen LogP contribution in [0.5, 0.6) is 0 Å². The molecule has 0 aliphatic heterocycles.